The molecule has 2 heterocycles. The van der Waals surface area contributed by atoms with Gasteiger partial charge < -0.3 is 10.5 Å². The fourth-order valence-corrected chi connectivity index (χ4v) is 1.90. The standard InChI is InChI=1S/C15H12N4O/c16-14(17)12-4-2-8-19-15(12)20-11-6-5-10-3-1-7-18-13(10)9-11/h1-9H,(H3,16,17). The van der Waals surface area contributed by atoms with Gasteiger partial charge in [-0.1, -0.05) is 6.07 Å². The summed E-state index contributed by atoms with van der Waals surface area (Å²) >= 11 is 0. The first kappa shape index (κ1) is 12.1. The molecule has 0 radical (unpaired) electrons. The number of amidine groups is 1. The number of aromatic nitrogens is 2. The Morgan fingerprint density at radius 2 is 1.85 bits per heavy atom. The highest BCUT2D eigenvalue weighted by Gasteiger charge is 2.08. The summed E-state index contributed by atoms with van der Waals surface area (Å²) < 4.78 is 5.71. The van der Waals surface area contributed by atoms with Gasteiger partial charge in [0.2, 0.25) is 5.88 Å². The van der Waals surface area contributed by atoms with E-state index in [4.69, 9.17) is 15.9 Å². The van der Waals surface area contributed by atoms with Crippen LogP contribution in [0.4, 0.5) is 0 Å². The van der Waals surface area contributed by atoms with Crippen molar-refractivity contribution in [2.24, 2.45) is 5.73 Å². The van der Waals surface area contributed by atoms with E-state index in [0.29, 0.717) is 17.2 Å². The van der Waals surface area contributed by atoms with Crippen LogP contribution in [-0.2, 0) is 0 Å². The average Bonchev–Trinajstić information content (AvgIpc) is 2.47. The van der Waals surface area contributed by atoms with Crippen LogP contribution < -0.4 is 10.5 Å². The molecule has 0 unspecified atom stereocenters. The van der Waals surface area contributed by atoms with Gasteiger partial charge in [-0.15, -0.1) is 0 Å². The van der Waals surface area contributed by atoms with E-state index in [2.05, 4.69) is 9.97 Å². The Morgan fingerprint density at radius 3 is 2.70 bits per heavy atom. The molecule has 5 nitrogen and oxygen atoms in total. The summed E-state index contributed by atoms with van der Waals surface area (Å²) in [6.45, 7) is 0. The van der Waals surface area contributed by atoms with Crippen LogP contribution in [-0.4, -0.2) is 15.8 Å². The van der Waals surface area contributed by atoms with Crippen LogP contribution in [0.2, 0.25) is 0 Å². The first-order chi connectivity index (χ1) is 9.74. The van der Waals surface area contributed by atoms with Gasteiger partial charge in [0, 0.05) is 23.8 Å². The van der Waals surface area contributed by atoms with E-state index in [1.807, 2.05) is 30.3 Å². The van der Waals surface area contributed by atoms with Crippen molar-refractivity contribution >= 4 is 16.7 Å². The fourth-order valence-electron chi connectivity index (χ4n) is 1.90. The molecule has 1 aromatic carbocycles. The Balaban J connectivity index is 1.99. The number of nitrogens with two attached hydrogens (primary N) is 1. The van der Waals surface area contributed by atoms with Crippen molar-refractivity contribution in [1.29, 1.82) is 5.41 Å². The van der Waals surface area contributed by atoms with E-state index in [9.17, 15) is 0 Å². The number of ether oxygens (including phenoxy) is 1. The molecule has 5 heteroatoms. The molecule has 0 aliphatic heterocycles. The summed E-state index contributed by atoms with van der Waals surface area (Å²) in [5.74, 6) is 0.847. The number of fused-ring (bicyclic) bond motifs is 1. The highest BCUT2D eigenvalue weighted by atomic mass is 16.5. The van der Waals surface area contributed by atoms with Gasteiger partial charge in [-0.3, -0.25) is 10.4 Å². The Labute approximate surface area is 115 Å². The maximum Gasteiger partial charge on any atom is 0.230 e. The van der Waals surface area contributed by atoms with E-state index in [1.54, 1.807) is 24.5 Å². The Morgan fingerprint density at radius 1 is 1.05 bits per heavy atom. The molecule has 20 heavy (non-hydrogen) atoms. The van der Waals surface area contributed by atoms with Crippen molar-refractivity contribution in [3.8, 4) is 11.6 Å². The maximum absolute atomic E-state index is 7.52. The number of benzene rings is 1. The van der Waals surface area contributed by atoms with Crippen molar-refractivity contribution in [3.63, 3.8) is 0 Å². The maximum atomic E-state index is 7.52. The van der Waals surface area contributed by atoms with Crippen LogP contribution in [0.5, 0.6) is 11.6 Å². The molecule has 0 saturated heterocycles. The van der Waals surface area contributed by atoms with Crippen LogP contribution >= 0.6 is 0 Å². The van der Waals surface area contributed by atoms with Gasteiger partial charge in [0.15, 0.2) is 0 Å². The molecule has 0 spiro atoms. The third-order valence-electron chi connectivity index (χ3n) is 2.85. The van der Waals surface area contributed by atoms with Crippen molar-refractivity contribution < 1.29 is 4.74 Å². The topological polar surface area (TPSA) is 84.9 Å². The second kappa shape index (κ2) is 4.97. The molecule has 0 bridgehead atoms. The quantitative estimate of drug-likeness (QED) is 0.562. The lowest BCUT2D eigenvalue weighted by Crippen LogP contribution is -2.12. The third kappa shape index (κ3) is 2.29. The number of hydrogen-bond donors (Lipinski definition) is 2. The lowest BCUT2D eigenvalue weighted by Gasteiger charge is -2.09. The number of rotatable bonds is 3. The van der Waals surface area contributed by atoms with Crippen LogP contribution in [0.1, 0.15) is 5.56 Å². The molecule has 2 aromatic heterocycles. The van der Waals surface area contributed by atoms with Crippen molar-refractivity contribution in [2.75, 3.05) is 0 Å². The summed E-state index contributed by atoms with van der Waals surface area (Å²) in [5.41, 5.74) is 6.81. The summed E-state index contributed by atoms with van der Waals surface area (Å²) in [5, 5.41) is 8.55. The van der Waals surface area contributed by atoms with Crippen molar-refractivity contribution in [3.05, 3.63) is 60.4 Å². The first-order valence-corrected chi connectivity index (χ1v) is 6.06. The molecule has 0 atom stereocenters. The number of nitrogens with zero attached hydrogens (tertiary/aromatic N) is 2. The summed E-state index contributed by atoms with van der Waals surface area (Å²) in [4.78, 5) is 8.39. The van der Waals surface area contributed by atoms with E-state index in [-0.39, 0.29) is 5.84 Å². The molecule has 0 aliphatic rings. The predicted molar refractivity (Wildman–Crippen MR) is 77.1 cm³/mol. The Hall–Kier alpha value is -2.95. The fraction of sp³-hybridized carbons (Fsp3) is 0. The zero-order valence-corrected chi connectivity index (χ0v) is 10.6. The molecule has 3 N–H and O–H groups in total. The van der Waals surface area contributed by atoms with E-state index in [1.165, 1.54) is 0 Å². The normalized spacial score (nSPS) is 10.4. The summed E-state index contributed by atoms with van der Waals surface area (Å²) in [6, 6.07) is 12.9. The lowest BCUT2D eigenvalue weighted by molar-refractivity contribution is 0.462. The van der Waals surface area contributed by atoms with Crippen LogP contribution in [0.25, 0.3) is 10.9 Å². The summed E-state index contributed by atoms with van der Waals surface area (Å²) in [6.07, 6.45) is 3.33. The minimum Gasteiger partial charge on any atom is -0.438 e. The van der Waals surface area contributed by atoms with Crippen molar-refractivity contribution in [2.45, 2.75) is 0 Å². The highest BCUT2D eigenvalue weighted by Crippen LogP contribution is 2.25. The van der Waals surface area contributed by atoms with Crippen LogP contribution in [0.15, 0.2) is 54.9 Å². The zero-order valence-electron chi connectivity index (χ0n) is 10.6. The first-order valence-electron chi connectivity index (χ1n) is 6.06. The largest absolute Gasteiger partial charge is 0.438 e. The Bertz CT molecular complexity index is 785. The van der Waals surface area contributed by atoms with E-state index < -0.39 is 0 Å². The zero-order chi connectivity index (χ0) is 13.9. The van der Waals surface area contributed by atoms with Gasteiger partial charge in [0.25, 0.3) is 0 Å². The second-order valence-corrected chi connectivity index (χ2v) is 4.23. The number of hydrogen-bond acceptors (Lipinski definition) is 4. The van der Waals surface area contributed by atoms with Gasteiger partial charge in [-0.05, 0) is 30.3 Å². The predicted octanol–water partition coefficient (Wildman–Crippen LogP) is 2.71. The molecule has 0 amide bonds. The van der Waals surface area contributed by atoms with Gasteiger partial charge in [0.05, 0.1) is 11.1 Å². The second-order valence-electron chi connectivity index (χ2n) is 4.23. The van der Waals surface area contributed by atoms with Gasteiger partial charge in [-0.2, -0.15) is 0 Å². The molecule has 98 valence electrons. The van der Waals surface area contributed by atoms with Crippen LogP contribution in [0, 0.1) is 5.41 Å². The van der Waals surface area contributed by atoms with E-state index >= 15 is 0 Å². The number of nitrogens with one attached hydrogen (secondary N) is 1. The number of nitrogen functional groups attached to an aromatic ring is 1. The molecule has 0 aliphatic carbocycles. The molecule has 0 saturated carbocycles. The summed E-state index contributed by atoms with van der Waals surface area (Å²) in [7, 11) is 0. The SMILES string of the molecule is N=C(N)c1cccnc1Oc1ccc2cccnc2c1. The highest BCUT2D eigenvalue weighted by molar-refractivity contribution is 5.97. The van der Waals surface area contributed by atoms with Gasteiger partial charge >= 0.3 is 0 Å². The van der Waals surface area contributed by atoms with Gasteiger partial charge in [0.1, 0.15) is 11.6 Å². The van der Waals surface area contributed by atoms with Gasteiger partial charge in [-0.25, -0.2) is 4.98 Å². The smallest absolute Gasteiger partial charge is 0.230 e. The monoisotopic (exact) mass is 264 g/mol. The minimum atomic E-state index is -0.0768. The molecule has 3 rings (SSSR count). The lowest BCUT2D eigenvalue weighted by atomic mass is 10.2. The van der Waals surface area contributed by atoms with E-state index in [0.717, 1.165) is 10.9 Å². The number of pyridine rings is 2. The molecular formula is C15H12N4O. The van der Waals surface area contributed by atoms with Crippen molar-refractivity contribution in [1.82, 2.24) is 9.97 Å². The molecular weight excluding hydrogens is 252 g/mol. The molecule has 0 fully saturated rings. The van der Waals surface area contributed by atoms with Crippen LogP contribution in [0.3, 0.4) is 0 Å². The Kier molecular flexibility index (Phi) is 3.01. The third-order valence-corrected chi connectivity index (χ3v) is 2.85. The minimum absolute atomic E-state index is 0.0768. The molecule has 3 aromatic rings. The average molecular weight is 264 g/mol.